The molecule has 0 heterocycles. The number of carbonyl (C=O) groups excluding carboxylic acids is 1. The van der Waals surface area contributed by atoms with Gasteiger partial charge in [-0.1, -0.05) is 12.8 Å². The summed E-state index contributed by atoms with van der Waals surface area (Å²) in [6.07, 6.45) is 3.72. The van der Waals surface area contributed by atoms with Crippen molar-refractivity contribution in [2.45, 2.75) is 31.7 Å². The molecule has 1 aliphatic rings. The van der Waals surface area contributed by atoms with Crippen molar-refractivity contribution in [3.63, 3.8) is 0 Å². The Morgan fingerprint density at radius 3 is 2.68 bits per heavy atom. The molecule has 2 rings (SSSR count). The van der Waals surface area contributed by atoms with Crippen LogP contribution < -0.4 is 5.32 Å². The minimum atomic E-state index is -1.03. The van der Waals surface area contributed by atoms with Gasteiger partial charge >= 0.3 is 0 Å². The largest absolute Gasteiger partial charge is 0.396 e. The molecule has 5 heteroatoms. The Labute approximate surface area is 110 Å². The molecule has 0 aromatic heterocycles. The van der Waals surface area contributed by atoms with Crippen LogP contribution in [0.25, 0.3) is 0 Å². The second kappa shape index (κ2) is 6.10. The minimum absolute atomic E-state index is 0.0305. The number of hydrogen-bond donors (Lipinski definition) is 2. The quantitative estimate of drug-likeness (QED) is 0.884. The van der Waals surface area contributed by atoms with Crippen LogP contribution in [-0.4, -0.2) is 23.7 Å². The van der Waals surface area contributed by atoms with E-state index in [1.54, 1.807) is 0 Å². The average molecular weight is 269 g/mol. The van der Waals surface area contributed by atoms with Crippen molar-refractivity contribution in [3.8, 4) is 0 Å². The Morgan fingerprint density at radius 1 is 1.26 bits per heavy atom. The molecule has 3 nitrogen and oxygen atoms in total. The third kappa shape index (κ3) is 3.29. The van der Waals surface area contributed by atoms with E-state index < -0.39 is 17.5 Å². The highest BCUT2D eigenvalue weighted by atomic mass is 19.2. The molecule has 1 aromatic rings. The highest BCUT2D eigenvalue weighted by Crippen LogP contribution is 2.24. The number of carbonyl (C=O) groups is 1. The van der Waals surface area contributed by atoms with Gasteiger partial charge in [0.1, 0.15) is 0 Å². The summed E-state index contributed by atoms with van der Waals surface area (Å²) in [6, 6.07) is 2.99. The SMILES string of the molecule is O=C(NC1CCCCC1CO)c1ccc(F)c(F)c1. The lowest BCUT2D eigenvalue weighted by atomic mass is 9.85. The predicted molar refractivity (Wildman–Crippen MR) is 66.7 cm³/mol. The van der Waals surface area contributed by atoms with Crippen molar-refractivity contribution in [1.29, 1.82) is 0 Å². The number of aliphatic hydroxyl groups excluding tert-OH is 1. The molecule has 104 valence electrons. The molecule has 1 amide bonds. The third-order valence-electron chi connectivity index (χ3n) is 3.64. The van der Waals surface area contributed by atoms with Crippen LogP contribution in [0.3, 0.4) is 0 Å². The van der Waals surface area contributed by atoms with E-state index in [0.29, 0.717) is 0 Å². The smallest absolute Gasteiger partial charge is 0.251 e. The van der Waals surface area contributed by atoms with E-state index in [4.69, 9.17) is 0 Å². The molecule has 1 aromatic carbocycles. The summed E-state index contributed by atoms with van der Waals surface area (Å²) in [6.45, 7) is 0.0305. The second-order valence-electron chi connectivity index (χ2n) is 4.94. The first-order valence-corrected chi connectivity index (χ1v) is 6.48. The molecule has 0 saturated heterocycles. The number of amides is 1. The lowest BCUT2D eigenvalue weighted by Crippen LogP contribution is -2.43. The van der Waals surface area contributed by atoms with E-state index in [1.165, 1.54) is 6.07 Å². The van der Waals surface area contributed by atoms with Gasteiger partial charge in [0.05, 0.1) is 0 Å². The lowest BCUT2D eigenvalue weighted by Gasteiger charge is -2.30. The fourth-order valence-electron chi connectivity index (χ4n) is 2.51. The van der Waals surface area contributed by atoms with E-state index in [0.717, 1.165) is 37.8 Å². The molecule has 0 spiro atoms. The number of aliphatic hydroxyl groups is 1. The van der Waals surface area contributed by atoms with E-state index >= 15 is 0 Å². The number of rotatable bonds is 3. The maximum Gasteiger partial charge on any atom is 0.251 e. The molecule has 0 bridgehead atoms. The molecule has 2 unspecified atom stereocenters. The monoisotopic (exact) mass is 269 g/mol. The van der Waals surface area contributed by atoms with Crippen LogP contribution in [-0.2, 0) is 0 Å². The molecule has 1 fully saturated rings. The van der Waals surface area contributed by atoms with Crippen LogP contribution in [0.4, 0.5) is 8.78 Å². The van der Waals surface area contributed by atoms with Crippen molar-refractivity contribution >= 4 is 5.91 Å². The summed E-state index contributed by atoms with van der Waals surface area (Å²) in [4.78, 5) is 12.0. The van der Waals surface area contributed by atoms with Gasteiger partial charge in [-0.2, -0.15) is 0 Å². The molecule has 0 aliphatic heterocycles. The van der Waals surface area contributed by atoms with Crippen molar-refractivity contribution in [3.05, 3.63) is 35.4 Å². The summed E-state index contributed by atoms with van der Waals surface area (Å²) >= 11 is 0. The first-order valence-electron chi connectivity index (χ1n) is 6.48. The van der Waals surface area contributed by atoms with Crippen molar-refractivity contribution in [2.75, 3.05) is 6.61 Å². The standard InChI is InChI=1S/C14H17F2NO2/c15-11-6-5-9(7-12(11)16)14(19)17-13-4-2-1-3-10(13)8-18/h5-7,10,13,18H,1-4,8H2,(H,17,19). The zero-order valence-electron chi connectivity index (χ0n) is 10.5. The van der Waals surface area contributed by atoms with Crippen LogP contribution in [0.5, 0.6) is 0 Å². The van der Waals surface area contributed by atoms with E-state index in [2.05, 4.69) is 5.32 Å². The van der Waals surface area contributed by atoms with E-state index in [-0.39, 0.29) is 24.1 Å². The van der Waals surface area contributed by atoms with Crippen molar-refractivity contribution in [2.24, 2.45) is 5.92 Å². The Hall–Kier alpha value is -1.49. The topological polar surface area (TPSA) is 49.3 Å². The first-order chi connectivity index (χ1) is 9.11. The van der Waals surface area contributed by atoms with E-state index in [1.807, 2.05) is 0 Å². The highest BCUT2D eigenvalue weighted by Gasteiger charge is 2.26. The summed E-state index contributed by atoms with van der Waals surface area (Å²) < 4.78 is 25.9. The number of hydrogen-bond acceptors (Lipinski definition) is 2. The Bertz CT molecular complexity index is 465. The summed E-state index contributed by atoms with van der Waals surface area (Å²) in [7, 11) is 0. The molecule has 2 atom stereocenters. The van der Waals surface area contributed by atoms with Gasteiger partial charge in [-0.25, -0.2) is 8.78 Å². The van der Waals surface area contributed by atoms with Gasteiger partial charge in [-0.15, -0.1) is 0 Å². The molecule has 1 aliphatic carbocycles. The molecule has 0 radical (unpaired) electrons. The van der Waals surface area contributed by atoms with Crippen molar-refractivity contribution < 1.29 is 18.7 Å². The highest BCUT2D eigenvalue weighted by molar-refractivity contribution is 5.94. The number of halogens is 2. The number of benzene rings is 1. The molecule has 19 heavy (non-hydrogen) atoms. The fourth-order valence-corrected chi connectivity index (χ4v) is 2.51. The normalized spacial score (nSPS) is 23.1. The second-order valence-corrected chi connectivity index (χ2v) is 4.94. The van der Waals surface area contributed by atoms with Gasteiger partial charge in [0, 0.05) is 24.1 Å². The summed E-state index contributed by atoms with van der Waals surface area (Å²) in [5.41, 5.74) is 0.0983. The summed E-state index contributed by atoms with van der Waals surface area (Å²) in [5.74, 6) is -2.38. The van der Waals surface area contributed by atoms with Crippen LogP contribution >= 0.6 is 0 Å². The Morgan fingerprint density at radius 2 is 2.00 bits per heavy atom. The van der Waals surface area contributed by atoms with Crippen LogP contribution in [0, 0.1) is 17.6 Å². The van der Waals surface area contributed by atoms with Gasteiger partial charge in [0.2, 0.25) is 0 Å². The van der Waals surface area contributed by atoms with Gasteiger partial charge < -0.3 is 10.4 Å². The molecular weight excluding hydrogens is 252 g/mol. The maximum absolute atomic E-state index is 13.1. The van der Waals surface area contributed by atoms with Gasteiger partial charge in [-0.3, -0.25) is 4.79 Å². The minimum Gasteiger partial charge on any atom is -0.396 e. The van der Waals surface area contributed by atoms with Crippen LogP contribution in [0.15, 0.2) is 18.2 Å². The van der Waals surface area contributed by atoms with Gasteiger partial charge in [0.25, 0.3) is 5.91 Å². The Kier molecular flexibility index (Phi) is 4.47. The first kappa shape index (κ1) is 13.9. The summed E-state index contributed by atoms with van der Waals surface area (Å²) in [5, 5.41) is 12.1. The Balaban J connectivity index is 2.05. The number of nitrogens with one attached hydrogen (secondary N) is 1. The van der Waals surface area contributed by atoms with Crippen molar-refractivity contribution in [1.82, 2.24) is 5.32 Å². The van der Waals surface area contributed by atoms with Crippen LogP contribution in [0.2, 0.25) is 0 Å². The molecular formula is C14H17F2NO2. The zero-order valence-corrected chi connectivity index (χ0v) is 10.5. The lowest BCUT2D eigenvalue weighted by molar-refractivity contribution is 0.0872. The predicted octanol–water partition coefficient (Wildman–Crippen LogP) is 2.25. The van der Waals surface area contributed by atoms with Gasteiger partial charge in [0.15, 0.2) is 11.6 Å². The zero-order chi connectivity index (χ0) is 13.8. The maximum atomic E-state index is 13.1. The molecule has 1 saturated carbocycles. The van der Waals surface area contributed by atoms with Gasteiger partial charge in [-0.05, 0) is 31.0 Å². The fraction of sp³-hybridized carbons (Fsp3) is 0.500. The van der Waals surface area contributed by atoms with E-state index in [9.17, 15) is 18.7 Å². The molecule has 2 N–H and O–H groups in total. The average Bonchev–Trinajstić information content (AvgIpc) is 2.42. The third-order valence-corrected chi connectivity index (χ3v) is 3.64. The van der Waals surface area contributed by atoms with Crippen LogP contribution in [0.1, 0.15) is 36.0 Å².